The molecule has 1 fully saturated rings. The molecule has 1 amide bonds. The summed E-state index contributed by atoms with van der Waals surface area (Å²) in [4.78, 5) is 23.8. The Balaban J connectivity index is 1.59. The van der Waals surface area contributed by atoms with Crippen molar-refractivity contribution in [1.29, 1.82) is 0 Å². The molecule has 26 heavy (non-hydrogen) atoms. The number of carbonyl (C=O) groups is 1. The zero-order chi connectivity index (χ0) is 18.5. The number of carbonyl (C=O) groups excluding carboxylic acids is 1. The lowest BCUT2D eigenvalue weighted by molar-refractivity contribution is 0.0859. The van der Waals surface area contributed by atoms with E-state index in [9.17, 15) is 4.79 Å². The highest BCUT2D eigenvalue weighted by molar-refractivity contribution is 7.13. The monoisotopic (exact) mass is 372 g/mol. The number of aromatic nitrogens is 2. The molecule has 0 aromatic carbocycles. The fraction of sp³-hybridized carbons (Fsp3) is 0.550. The van der Waals surface area contributed by atoms with Crippen LogP contribution in [0.3, 0.4) is 0 Å². The van der Waals surface area contributed by atoms with Crippen molar-refractivity contribution in [1.82, 2.24) is 20.2 Å². The van der Waals surface area contributed by atoms with E-state index in [1.165, 1.54) is 24.2 Å². The Morgan fingerprint density at radius 2 is 2.12 bits per heavy atom. The molecule has 5 nitrogen and oxygen atoms in total. The molecule has 1 atom stereocenters. The summed E-state index contributed by atoms with van der Waals surface area (Å²) in [5.74, 6) is 1.22. The molecule has 2 aromatic rings. The van der Waals surface area contributed by atoms with E-state index in [1.807, 2.05) is 23.6 Å². The molecule has 0 unspecified atom stereocenters. The quantitative estimate of drug-likeness (QED) is 0.840. The molecular formula is C20H28N4OS. The molecule has 3 rings (SSSR count). The van der Waals surface area contributed by atoms with Crippen LogP contribution >= 0.6 is 11.3 Å². The smallest absolute Gasteiger partial charge is 0.270 e. The van der Waals surface area contributed by atoms with Crippen LogP contribution in [-0.4, -0.2) is 46.5 Å². The van der Waals surface area contributed by atoms with Crippen molar-refractivity contribution in [3.05, 3.63) is 35.5 Å². The van der Waals surface area contributed by atoms with Gasteiger partial charge < -0.3 is 5.32 Å². The van der Waals surface area contributed by atoms with Gasteiger partial charge in [-0.25, -0.2) is 4.98 Å². The maximum atomic E-state index is 12.5. The van der Waals surface area contributed by atoms with Gasteiger partial charge in [0.1, 0.15) is 10.7 Å². The Labute approximate surface area is 159 Å². The summed E-state index contributed by atoms with van der Waals surface area (Å²) in [6.07, 6.45) is 4.23. The SMILES string of the molecule is CC1CCN([C@@H](CNC(=O)c2csc(-c3ccccn3)n2)C(C)C)CC1. The third-order valence-corrected chi connectivity index (χ3v) is 6.01. The van der Waals surface area contributed by atoms with Crippen molar-refractivity contribution in [3.63, 3.8) is 0 Å². The van der Waals surface area contributed by atoms with Gasteiger partial charge in [-0.2, -0.15) is 0 Å². The van der Waals surface area contributed by atoms with Crippen molar-refractivity contribution in [3.8, 4) is 10.7 Å². The van der Waals surface area contributed by atoms with Gasteiger partial charge in [-0.05, 0) is 49.9 Å². The normalized spacial score (nSPS) is 17.4. The van der Waals surface area contributed by atoms with Gasteiger partial charge >= 0.3 is 0 Å². The number of rotatable bonds is 6. The van der Waals surface area contributed by atoms with E-state index < -0.39 is 0 Å². The number of hydrogen-bond donors (Lipinski definition) is 1. The van der Waals surface area contributed by atoms with E-state index in [0.717, 1.165) is 29.7 Å². The third kappa shape index (κ3) is 4.68. The Hall–Kier alpha value is -1.79. The molecule has 0 aliphatic carbocycles. The fourth-order valence-corrected chi connectivity index (χ4v) is 4.19. The highest BCUT2D eigenvalue weighted by atomic mass is 32.1. The molecule has 1 saturated heterocycles. The van der Waals surface area contributed by atoms with Crippen LogP contribution in [0, 0.1) is 11.8 Å². The first-order chi connectivity index (χ1) is 12.5. The summed E-state index contributed by atoms with van der Waals surface area (Å²) in [7, 11) is 0. The van der Waals surface area contributed by atoms with Crippen LogP contribution < -0.4 is 5.32 Å². The number of thiazole rings is 1. The Kier molecular flexibility index (Phi) is 6.38. The zero-order valence-corrected chi connectivity index (χ0v) is 16.6. The molecule has 0 spiro atoms. The lowest BCUT2D eigenvalue weighted by Crippen LogP contribution is -2.49. The van der Waals surface area contributed by atoms with Crippen LogP contribution in [0.4, 0.5) is 0 Å². The molecule has 1 N–H and O–H groups in total. The van der Waals surface area contributed by atoms with Gasteiger partial charge in [0.2, 0.25) is 0 Å². The number of hydrogen-bond acceptors (Lipinski definition) is 5. The first-order valence-electron chi connectivity index (χ1n) is 9.43. The van der Waals surface area contributed by atoms with Gasteiger partial charge in [-0.3, -0.25) is 14.7 Å². The summed E-state index contributed by atoms with van der Waals surface area (Å²) in [6, 6.07) is 6.08. The fourth-order valence-electron chi connectivity index (χ4n) is 3.42. The predicted octanol–water partition coefficient (Wildman–Crippen LogP) is 3.69. The molecule has 0 bridgehead atoms. The number of nitrogens with zero attached hydrogens (tertiary/aromatic N) is 3. The largest absolute Gasteiger partial charge is 0.349 e. The van der Waals surface area contributed by atoms with Crippen LogP contribution in [0.15, 0.2) is 29.8 Å². The first-order valence-corrected chi connectivity index (χ1v) is 10.3. The first kappa shape index (κ1) is 19.0. The van der Waals surface area contributed by atoms with E-state index in [2.05, 4.69) is 41.0 Å². The van der Waals surface area contributed by atoms with Crippen molar-refractivity contribution in [2.45, 2.75) is 39.7 Å². The molecule has 0 saturated carbocycles. The Morgan fingerprint density at radius 3 is 2.77 bits per heavy atom. The summed E-state index contributed by atoms with van der Waals surface area (Å²) >= 11 is 1.45. The molecule has 140 valence electrons. The zero-order valence-electron chi connectivity index (χ0n) is 15.8. The van der Waals surface area contributed by atoms with Gasteiger partial charge in [0.05, 0.1) is 5.69 Å². The maximum absolute atomic E-state index is 12.5. The van der Waals surface area contributed by atoms with Crippen molar-refractivity contribution < 1.29 is 4.79 Å². The van der Waals surface area contributed by atoms with E-state index in [4.69, 9.17) is 0 Å². The van der Waals surface area contributed by atoms with Crippen LogP contribution in [-0.2, 0) is 0 Å². The third-order valence-electron chi connectivity index (χ3n) is 5.15. The average Bonchev–Trinajstić information content (AvgIpc) is 3.14. The number of amides is 1. The topological polar surface area (TPSA) is 58.1 Å². The number of likely N-dealkylation sites (tertiary alicyclic amines) is 1. The highest BCUT2D eigenvalue weighted by Gasteiger charge is 2.26. The van der Waals surface area contributed by atoms with Gasteiger partial charge in [0.25, 0.3) is 5.91 Å². The van der Waals surface area contributed by atoms with Gasteiger partial charge in [0.15, 0.2) is 0 Å². The van der Waals surface area contributed by atoms with Gasteiger partial charge in [-0.1, -0.05) is 26.8 Å². The van der Waals surface area contributed by atoms with Crippen LogP contribution in [0.5, 0.6) is 0 Å². The average molecular weight is 373 g/mol. The van der Waals surface area contributed by atoms with Crippen LogP contribution in [0.1, 0.15) is 44.1 Å². The molecule has 6 heteroatoms. The molecule has 1 aliphatic heterocycles. The Bertz CT molecular complexity index is 708. The summed E-state index contributed by atoms with van der Waals surface area (Å²) in [6.45, 7) is 9.71. The predicted molar refractivity (Wildman–Crippen MR) is 106 cm³/mol. The number of nitrogens with one attached hydrogen (secondary N) is 1. The molecule has 0 radical (unpaired) electrons. The summed E-state index contributed by atoms with van der Waals surface area (Å²) < 4.78 is 0. The molecule has 2 aromatic heterocycles. The Morgan fingerprint density at radius 1 is 1.35 bits per heavy atom. The van der Waals surface area contributed by atoms with Crippen LogP contribution in [0.2, 0.25) is 0 Å². The minimum Gasteiger partial charge on any atom is -0.349 e. The minimum absolute atomic E-state index is 0.0977. The van der Waals surface area contributed by atoms with Gasteiger partial charge in [-0.15, -0.1) is 11.3 Å². The van der Waals surface area contributed by atoms with E-state index in [-0.39, 0.29) is 5.91 Å². The van der Waals surface area contributed by atoms with E-state index in [1.54, 1.807) is 6.20 Å². The second-order valence-corrected chi connectivity index (χ2v) is 8.35. The summed E-state index contributed by atoms with van der Waals surface area (Å²) in [5.41, 5.74) is 1.28. The van der Waals surface area contributed by atoms with E-state index in [0.29, 0.717) is 24.2 Å². The lowest BCUT2D eigenvalue weighted by Gasteiger charge is -2.38. The maximum Gasteiger partial charge on any atom is 0.270 e. The minimum atomic E-state index is -0.0977. The van der Waals surface area contributed by atoms with Crippen molar-refractivity contribution in [2.24, 2.45) is 11.8 Å². The number of pyridine rings is 1. The van der Waals surface area contributed by atoms with Crippen molar-refractivity contribution >= 4 is 17.2 Å². The second kappa shape index (κ2) is 8.73. The van der Waals surface area contributed by atoms with E-state index >= 15 is 0 Å². The molecule has 3 heterocycles. The standard InChI is InChI=1S/C20H28N4OS/c1-14(2)18(24-10-7-15(3)8-11-24)12-22-19(25)17-13-26-20(23-17)16-6-4-5-9-21-16/h4-6,9,13-15,18H,7-8,10-12H2,1-3H3,(H,22,25)/t18-/m0/s1. The van der Waals surface area contributed by atoms with Crippen LogP contribution in [0.25, 0.3) is 10.7 Å². The van der Waals surface area contributed by atoms with Crippen molar-refractivity contribution in [2.75, 3.05) is 19.6 Å². The second-order valence-electron chi connectivity index (χ2n) is 7.49. The summed E-state index contributed by atoms with van der Waals surface area (Å²) in [5, 5.41) is 5.69. The lowest BCUT2D eigenvalue weighted by atomic mass is 9.94. The van der Waals surface area contributed by atoms with Gasteiger partial charge in [0, 0.05) is 24.2 Å². The number of piperidine rings is 1. The molecule has 1 aliphatic rings. The highest BCUT2D eigenvalue weighted by Crippen LogP contribution is 2.22. The molecular weight excluding hydrogens is 344 g/mol.